The normalized spacial score (nSPS) is 20.0. The van der Waals surface area contributed by atoms with Gasteiger partial charge in [0.15, 0.2) is 11.8 Å². The fourth-order valence-corrected chi connectivity index (χ4v) is 43.8. The molecule has 2 saturated heterocycles. The van der Waals surface area contributed by atoms with E-state index in [1.54, 1.807) is 160 Å². The molecule has 18 rings (SSSR count). The smallest absolute Gasteiger partial charge is 0.366 e. The van der Waals surface area contributed by atoms with Gasteiger partial charge in [-0.05, 0) is 265 Å². The van der Waals surface area contributed by atoms with E-state index in [1.165, 1.54) is 112 Å². The van der Waals surface area contributed by atoms with Crippen LogP contribution in [0.4, 0.5) is 0 Å². The maximum atomic E-state index is 7.14. The summed E-state index contributed by atoms with van der Waals surface area (Å²) in [7, 11) is -0.132. The molecule has 0 aromatic heterocycles. The molecule has 0 bridgehead atoms. The van der Waals surface area contributed by atoms with Crippen molar-refractivity contribution >= 4 is 31.7 Å². The van der Waals surface area contributed by atoms with Gasteiger partial charge in [-0.3, -0.25) is 23.7 Å². The van der Waals surface area contributed by atoms with Gasteiger partial charge in [-0.1, -0.05) is 153 Å². The molecule has 8 aromatic carbocycles. The van der Waals surface area contributed by atoms with Crippen LogP contribution in [0.15, 0.2) is 170 Å². The Labute approximate surface area is 709 Å². The Morgan fingerprint density at radius 3 is 0.802 bits per heavy atom. The second-order valence-corrected chi connectivity index (χ2v) is 46.7. The Kier molecular flexibility index (Phi) is 35.2. The van der Waals surface area contributed by atoms with Crippen LogP contribution in [-0.4, -0.2) is 57.1 Å². The Morgan fingerprint density at radius 2 is 0.509 bits per heavy atom. The van der Waals surface area contributed by atoms with Crippen LogP contribution in [0.1, 0.15) is 249 Å². The van der Waals surface area contributed by atoms with Gasteiger partial charge in [-0.2, -0.15) is 0 Å². The molecule has 8 aromatic rings. The van der Waals surface area contributed by atoms with E-state index in [-0.39, 0.29) is 121 Å². The van der Waals surface area contributed by atoms with Gasteiger partial charge in [-0.25, -0.2) is 0 Å². The average Bonchev–Trinajstić information content (AvgIpc) is 1.57. The minimum absolute atomic E-state index is 0. The molecule has 564 valence electrons. The number of rotatable bonds is 8. The fourth-order valence-electron chi connectivity index (χ4n) is 19.8. The molecule has 8 heteroatoms. The maximum absolute atomic E-state index is 7.14. The molecule has 4 atom stereocenters. The van der Waals surface area contributed by atoms with Gasteiger partial charge in [-0.15, -0.1) is 70.8 Å². The molecule has 0 N–H and O–H groups in total. The van der Waals surface area contributed by atoms with Crippen LogP contribution >= 0.6 is 31.7 Å². The van der Waals surface area contributed by atoms with E-state index in [4.69, 9.17) is 25.7 Å². The predicted octanol–water partition coefficient (Wildman–Crippen LogP) is 26.0. The minimum atomic E-state index is -0.0959. The van der Waals surface area contributed by atoms with Gasteiger partial charge in [0.05, 0.1) is 45.3 Å². The summed E-state index contributed by atoms with van der Waals surface area (Å²) in [6.45, 7) is 10.2. The SMILES string of the molecule is C1CCC([PH+](C[PH+](C2CCCCC2)C2CCCCC2)C2CCCCC2)CC1.C[C@H]1CC[C@H](C)[PH+]1C[PH+]1[C@@H](C)CC[C@@H]1C.[Au+].[Au+].[Au+].[Au+].[C-]#Cc1ccc2c(c1)-c1ccccc1C2.[C-]#Cc1ccc2c(c1)-c1ccccc1C2.[C-]#Cc1ccc2c(c1)-c1ccccc1C2.[C-]#Cc1ccc2c(c1)Cc1ccccc1-2. The molecular weight excluding hydrogens is 2090 g/mol. The maximum Gasteiger partial charge on any atom is 1.00 e. The van der Waals surface area contributed by atoms with Crippen LogP contribution in [0.5, 0.6) is 0 Å². The largest absolute Gasteiger partial charge is 1.00 e. The summed E-state index contributed by atoms with van der Waals surface area (Å²) < 4.78 is 0. The van der Waals surface area contributed by atoms with Gasteiger partial charge >= 0.3 is 89.5 Å². The van der Waals surface area contributed by atoms with E-state index < -0.39 is 0 Å². The zero-order valence-electron chi connectivity index (χ0n) is 63.2. The van der Waals surface area contributed by atoms with E-state index in [1.807, 2.05) is 48.4 Å². The Bertz CT molecular complexity index is 3960. The van der Waals surface area contributed by atoms with Crippen molar-refractivity contribution in [1.82, 2.24) is 0 Å². The second-order valence-electron chi connectivity index (χ2n) is 32.1. The van der Waals surface area contributed by atoms with Crippen LogP contribution in [0.25, 0.3) is 44.5 Å². The van der Waals surface area contributed by atoms with Crippen molar-refractivity contribution in [3.05, 3.63) is 262 Å². The summed E-state index contributed by atoms with van der Waals surface area (Å²) in [6, 6.07) is 58.3. The first-order chi connectivity index (χ1) is 50.0. The summed E-state index contributed by atoms with van der Waals surface area (Å²) in [4.78, 5) is 0. The molecule has 6 fully saturated rings. The predicted molar refractivity (Wildman–Crippen MR) is 450 cm³/mol. The average molecular weight is 2200 g/mol. The summed E-state index contributed by atoms with van der Waals surface area (Å²) in [5.74, 6) is 13.3. The molecular formula is C98H112Au4P4+4. The van der Waals surface area contributed by atoms with Crippen molar-refractivity contribution < 1.29 is 89.5 Å². The van der Waals surface area contributed by atoms with Crippen LogP contribution in [-0.2, 0) is 115 Å². The molecule has 4 saturated carbocycles. The second kappa shape index (κ2) is 43.1. The first-order valence-corrected chi connectivity index (χ1v) is 47.5. The van der Waals surface area contributed by atoms with E-state index in [0.717, 1.165) is 70.6 Å². The summed E-state index contributed by atoms with van der Waals surface area (Å²) in [5.41, 5.74) is 34.2. The molecule has 10 aliphatic rings. The fraction of sp³-hybridized carbons (Fsp3) is 0.429. The van der Waals surface area contributed by atoms with Gasteiger partial charge in [0, 0.05) is 31.7 Å². The zero-order chi connectivity index (χ0) is 70.3. The molecule has 2 aliphatic heterocycles. The Balaban J connectivity index is 0.000000149. The molecule has 0 amide bonds. The summed E-state index contributed by atoms with van der Waals surface area (Å²) in [6.07, 6.45) is 70.8. The Morgan fingerprint density at radius 1 is 0.274 bits per heavy atom. The van der Waals surface area contributed by atoms with Crippen molar-refractivity contribution in [1.29, 1.82) is 0 Å². The van der Waals surface area contributed by atoms with Gasteiger partial charge in [0.1, 0.15) is 0 Å². The number of hydrogen-bond acceptors (Lipinski definition) is 0. The van der Waals surface area contributed by atoms with Crippen molar-refractivity contribution in [2.75, 3.05) is 11.8 Å². The molecule has 0 radical (unpaired) electrons. The monoisotopic (exact) mass is 2200 g/mol. The van der Waals surface area contributed by atoms with E-state index in [2.05, 4.69) is 179 Å². The quantitative estimate of drug-likeness (QED) is 0.0616. The summed E-state index contributed by atoms with van der Waals surface area (Å²) in [5, 5.41) is 0. The first-order valence-electron chi connectivity index (χ1n) is 40.0. The van der Waals surface area contributed by atoms with Gasteiger partial charge in [0.25, 0.3) is 0 Å². The molecule has 0 nitrogen and oxygen atoms in total. The third kappa shape index (κ3) is 21.7. The van der Waals surface area contributed by atoms with E-state index in [9.17, 15) is 0 Å². The molecule has 106 heavy (non-hydrogen) atoms. The van der Waals surface area contributed by atoms with Crippen LogP contribution in [0.3, 0.4) is 0 Å². The van der Waals surface area contributed by atoms with Crippen molar-refractivity contribution in [3.63, 3.8) is 0 Å². The number of hydrogen-bond donors (Lipinski definition) is 0. The van der Waals surface area contributed by atoms with E-state index >= 15 is 0 Å². The molecule has 2 heterocycles. The topological polar surface area (TPSA) is 0 Å². The number of fused-ring (bicyclic) bond motifs is 12. The van der Waals surface area contributed by atoms with Gasteiger partial charge in [0.2, 0.25) is 0 Å². The third-order valence-electron chi connectivity index (χ3n) is 25.7. The van der Waals surface area contributed by atoms with Gasteiger partial charge < -0.3 is 25.7 Å². The molecule has 0 unspecified atom stereocenters. The molecule has 0 spiro atoms. The minimum Gasteiger partial charge on any atom is -0.366 e. The first kappa shape index (κ1) is 86.7. The number of benzene rings is 8. The zero-order valence-corrected chi connectivity index (χ0v) is 75.9. The molecule has 8 aliphatic carbocycles. The van der Waals surface area contributed by atoms with Crippen LogP contribution in [0.2, 0.25) is 0 Å². The summed E-state index contributed by atoms with van der Waals surface area (Å²) >= 11 is 0. The third-order valence-corrected chi connectivity index (χ3v) is 45.0. The van der Waals surface area contributed by atoms with Crippen LogP contribution < -0.4 is 0 Å². The van der Waals surface area contributed by atoms with Crippen LogP contribution in [0, 0.1) is 49.4 Å². The van der Waals surface area contributed by atoms with Crippen molar-refractivity contribution in [2.45, 2.75) is 253 Å². The van der Waals surface area contributed by atoms with Crippen molar-refractivity contribution in [3.8, 4) is 68.2 Å². The standard InChI is InChI=1S/C25H46P2.4C15H9.C13H26P2.4Au/c1-5-13-22(14-6-1)26(23-15-7-2-8-16-23)21-27(24-17-9-3-10-18-24)25-19-11-4-12-20-25;1-2-11-7-8-15-13(9-11)10-12-5-3-4-6-14(12)15;3*1-2-11-7-8-13-10-12-5-3-4-6-14(12)15(13)9-11;1-10-5-6-11(2)14(10)9-15-12(3)7-8-13(15)4;;;;/h22-25H,1-21H2;4*3-9H,10H2;10-13H,5-9H2,1-4H3;;;;/q;4*-1;;4*+1/p+4/t;;;;;10-,11-,12-,13-;;;;/m.....0..../s1. The van der Waals surface area contributed by atoms with Crippen molar-refractivity contribution in [2.24, 2.45) is 0 Å². The Hall–Kier alpha value is -3.32. The van der Waals surface area contributed by atoms with E-state index in [0.29, 0.717) is 0 Å².